The molecule has 0 unspecified atom stereocenters. The molecule has 0 spiro atoms. The molecule has 2 aromatic carbocycles. The number of nitrogens with one attached hydrogen (secondary N) is 1. The molecule has 4 nitrogen and oxygen atoms in total. The second-order valence-electron chi connectivity index (χ2n) is 5.63. The van der Waals surface area contributed by atoms with Crippen molar-refractivity contribution in [2.75, 3.05) is 7.11 Å². The van der Waals surface area contributed by atoms with Crippen LogP contribution in [0.5, 0.6) is 5.75 Å². The van der Waals surface area contributed by atoms with Crippen molar-refractivity contribution in [3.8, 4) is 11.4 Å². The highest BCUT2D eigenvalue weighted by atomic mass is 19.1. The van der Waals surface area contributed by atoms with Crippen molar-refractivity contribution < 1.29 is 9.13 Å². The number of imidazole rings is 1. The van der Waals surface area contributed by atoms with E-state index in [1.165, 1.54) is 18.7 Å². The highest BCUT2D eigenvalue weighted by molar-refractivity contribution is 5.35. The normalized spacial score (nSPS) is 12.1. The third-order valence-electron chi connectivity index (χ3n) is 4.02. The third kappa shape index (κ3) is 3.63. The molecule has 0 aliphatic carbocycles. The van der Waals surface area contributed by atoms with Gasteiger partial charge >= 0.3 is 0 Å². The fourth-order valence-electron chi connectivity index (χ4n) is 2.56. The number of ether oxygens (including phenoxy) is 1. The molecule has 1 aromatic heterocycles. The van der Waals surface area contributed by atoms with Gasteiger partial charge in [-0.25, -0.2) is 9.37 Å². The fourth-order valence-corrected chi connectivity index (χ4v) is 2.56. The molecule has 1 atom stereocenters. The van der Waals surface area contributed by atoms with Crippen LogP contribution in [0.2, 0.25) is 0 Å². The standard InChI is InChI=1S/C19H20FN3O/c1-14(22-12-15-3-8-19(24-2)18(20)11-15)16-4-6-17(7-5-16)23-10-9-21-13-23/h3-11,13-14,22H,12H2,1-2H3/t14-/m1/s1. The third-order valence-corrected chi connectivity index (χ3v) is 4.02. The number of rotatable bonds is 6. The quantitative estimate of drug-likeness (QED) is 0.748. The van der Waals surface area contributed by atoms with Crippen molar-refractivity contribution in [3.05, 3.63) is 78.1 Å². The molecule has 5 heteroatoms. The van der Waals surface area contributed by atoms with E-state index in [-0.39, 0.29) is 17.6 Å². The van der Waals surface area contributed by atoms with Crippen LogP contribution >= 0.6 is 0 Å². The zero-order chi connectivity index (χ0) is 16.9. The van der Waals surface area contributed by atoms with E-state index in [0.717, 1.165) is 11.3 Å². The number of nitrogens with zero attached hydrogens (tertiary/aromatic N) is 2. The van der Waals surface area contributed by atoms with E-state index in [0.29, 0.717) is 6.54 Å². The predicted molar refractivity (Wildman–Crippen MR) is 91.8 cm³/mol. The van der Waals surface area contributed by atoms with E-state index in [1.54, 1.807) is 18.6 Å². The van der Waals surface area contributed by atoms with E-state index >= 15 is 0 Å². The van der Waals surface area contributed by atoms with E-state index < -0.39 is 0 Å². The minimum Gasteiger partial charge on any atom is -0.494 e. The molecule has 1 heterocycles. The Balaban J connectivity index is 1.62. The van der Waals surface area contributed by atoms with Crippen molar-refractivity contribution >= 4 is 0 Å². The first kappa shape index (κ1) is 16.2. The minimum atomic E-state index is -0.339. The van der Waals surface area contributed by atoms with Gasteiger partial charge < -0.3 is 14.6 Å². The highest BCUT2D eigenvalue weighted by Crippen LogP contribution is 2.19. The summed E-state index contributed by atoms with van der Waals surface area (Å²) >= 11 is 0. The predicted octanol–water partition coefficient (Wildman–Crippen LogP) is 3.87. The van der Waals surface area contributed by atoms with Gasteiger partial charge in [-0.3, -0.25) is 0 Å². The summed E-state index contributed by atoms with van der Waals surface area (Å²) in [6.07, 6.45) is 5.44. The maximum Gasteiger partial charge on any atom is 0.165 e. The van der Waals surface area contributed by atoms with Crippen LogP contribution in [-0.4, -0.2) is 16.7 Å². The highest BCUT2D eigenvalue weighted by Gasteiger charge is 2.07. The Morgan fingerprint density at radius 3 is 2.62 bits per heavy atom. The van der Waals surface area contributed by atoms with Crippen LogP contribution in [0.25, 0.3) is 5.69 Å². The Bertz CT molecular complexity index is 785. The molecule has 3 aromatic rings. The van der Waals surface area contributed by atoms with Crippen LogP contribution in [0.1, 0.15) is 24.1 Å². The lowest BCUT2D eigenvalue weighted by molar-refractivity contribution is 0.386. The average molecular weight is 325 g/mol. The number of benzene rings is 2. The molecule has 0 radical (unpaired) electrons. The lowest BCUT2D eigenvalue weighted by Crippen LogP contribution is -2.18. The average Bonchev–Trinajstić information content (AvgIpc) is 3.14. The van der Waals surface area contributed by atoms with Gasteiger partial charge in [-0.1, -0.05) is 18.2 Å². The van der Waals surface area contributed by atoms with Crippen LogP contribution in [0.3, 0.4) is 0 Å². The molecule has 0 saturated carbocycles. The van der Waals surface area contributed by atoms with Crippen molar-refractivity contribution in [2.45, 2.75) is 19.5 Å². The number of aromatic nitrogens is 2. The zero-order valence-electron chi connectivity index (χ0n) is 13.7. The lowest BCUT2D eigenvalue weighted by Gasteiger charge is -2.15. The second-order valence-corrected chi connectivity index (χ2v) is 5.63. The molecule has 0 bridgehead atoms. The summed E-state index contributed by atoms with van der Waals surface area (Å²) in [6, 6.07) is 13.5. The van der Waals surface area contributed by atoms with Crippen LogP contribution in [-0.2, 0) is 6.54 Å². The number of hydrogen-bond donors (Lipinski definition) is 1. The zero-order valence-corrected chi connectivity index (χ0v) is 13.7. The van der Waals surface area contributed by atoms with E-state index in [1.807, 2.05) is 16.8 Å². The van der Waals surface area contributed by atoms with E-state index in [2.05, 4.69) is 41.5 Å². The Morgan fingerprint density at radius 2 is 2.00 bits per heavy atom. The van der Waals surface area contributed by atoms with Crippen LogP contribution in [0.4, 0.5) is 4.39 Å². The largest absolute Gasteiger partial charge is 0.494 e. The van der Waals surface area contributed by atoms with Gasteiger partial charge in [0.15, 0.2) is 11.6 Å². The van der Waals surface area contributed by atoms with Crippen LogP contribution in [0.15, 0.2) is 61.2 Å². The van der Waals surface area contributed by atoms with Gasteiger partial charge in [0, 0.05) is 30.7 Å². The molecule has 124 valence electrons. The summed E-state index contributed by atoms with van der Waals surface area (Å²) in [5.41, 5.74) is 3.13. The summed E-state index contributed by atoms with van der Waals surface area (Å²) in [6.45, 7) is 2.68. The summed E-state index contributed by atoms with van der Waals surface area (Å²) in [5.74, 6) is -0.0731. The number of methoxy groups -OCH3 is 1. The summed E-state index contributed by atoms with van der Waals surface area (Å²) in [7, 11) is 1.46. The first-order valence-corrected chi connectivity index (χ1v) is 7.81. The van der Waals surface area contributed by atoms with Gasteiger partial charge in [0.05, 0.1) is 13.4 Å². The molecule has 1 N–H and O–H groups in total. The maximum absolute atomic E-state index is 13.7. The first-order valence-electron chi connectivity index (χ1n) is 7.81. The van der Waals surface area contributed by atoms with Gasteiger partial charge in [0.1, 0.15) is 0 Å². The van der Waals surface area contributed by atoms with Crippen molar-refractivity contribution in [1.29, 1.82) is 0 Å². The first-order chi connectivity index (χ1) is 11.7. The Labute approximate surface area is 140 Å². The van der Waals surface area contributed by atoms with Gasteiger partial charge in [-0.05, 0) is 42.3 Å². The molecular weight excluding hydrogens is 305 g/mol. The van der Waals surface area contributed by atoms with Crippen molar-refractivity contribution in [3.63, 3.8) is 0 Å². The monoisotopic (exact) mass is 325 g/mol. The van der Waals surface area contributed by atoms with Gasteiger partial charge in [0.2, 0.25) is 0 Å². The Hall–Kier alpha value is -2.66. The molecule has 0 aliphatic rings. The molecule has 0 saturated heterocycles. The SMILES string of the molecule is COc1ccc(CN[C@H](C)c2ccc(-n3ccnc3)cc2)cc1F. The summed E-state index contributed by atoms with van der Waals surface area (Å²) < 4.78 is 20.6. The molecule has 0 aliphatic heterocycles. The molecule has 24 heavy (non-hydrogen) atoms. The topological polar surface area (TPSA) is 39.1 Å². The number of halogens is 1. The molecular formula is C19H20FN3O. The fraction of sp³-hybridized carbons (Fsp3) is 0.211. The van der Waals surface area contributed by atoms with Gasteiger partial charge in [-0.15, -0.1) is 0 Å². The maximum atomic E-state index is 13.7. The second kappa shape index (κ2) is 7.27. The summed E-state index contributed by atoms with van der Waals surface area (Å²) in [5, 5.41) is 3.41. The molecule has 0 amide bonds. The minimum absolute atomic E-state index is 0.159. The number of hydrogen-bond acceptors (Lipinski definition) is 3. The van der Waals surface area contributed by atoms with Gasteiger partial charge in [-0.2, -0.15) is 0 Å². The summed E-state index contributed by atoms with van der Waals surface area (Å²) in [4.78, 5) is 4.05. The van der Waals surface area contributed by atoms with Crippen molar-refractivity contribution in [1.82, 2.24) is 14.9 Å². The lowest BCUT2D eigenvalue weighted by atomic mass is 10.1. The van der Waals surface area contributed by atoms with E-state index in [4.69, 9.17) is 4.74 Å². The smallest absolute Gasteiger partial charge is 0.165 e. The van der Waals surface area contributed by atoms with Gasteiger partial charge in [0.25, 0.3) is 0 Å². The molecule has 3 rings (SSSR count). The van der Waals surface area contributed by atoms with Crippen LogP contribution < -0.4 is 10.1 Å². The van der Waals surface area contributed by atoms with Crippen molar-refractivity contribution in [2.24, 2.45) is 0 Å². The van der Waals surface area contributed by atoms with E-state index in [9.17, 15) is 4.39 Å². The van der Waals surface area contributed by atoms with Crippen LogP contribution in [0, 0.1) is 5.82 Å². The molecule has 0 fully saturated rings. The Morgan fingerprint density at radius 1 is 1.21 bits per heavy atom. The Kier molecular flexibility index (Phi) is 4.91.